The first kappa shape index (κ1) is 8.54. The molecule has 2 heteroatoms. The Morgan fingerprint density at radius 3 is 3.23 bits per heavy atom. The second-order valence-electron chi connectivity index (χ2n) is 3.62. The van der Waals surface area contributed by atoms with E-state index in [4.69, 9.17) is 4.74 Å². The van der Waals surface area contributed by atoms with Crippen LogP contribution in [0.25, 0.3) is 0 Å². The lowest BCUT2D eigenvalue weighted by Crippen LogP contribution is -2.17. The summed E-state index contributed by atoms with van der Waals surface area (Å²) in [6, 6.07) is 0. The molecule has 0 aromatic rings. The Bertz CT molecular complexity index is 263. The molecule has 0 saturated carbocycles. The van der Waals surface area contributed by atoms with Crippen LogP contribution >= 0.6 is 0 Å². The molecule has 1 heterocycles. The van der Waals surface area contributed by atoms with Gasteiger partial charge in [-0.05, 0) is 31.4 Å². The van der Waals surface area contributed by atoms with Gasteiger partial charge >= 0.3 is 0 Å². The second kappa shape index (κ2) is 3.77. The van der Waals surface area contributed by atoms with Gasteiger partial charge < -0.3 is 4.74 Å². The molecule has 0 radical (unpaired) electrons. The van der Waals surface area contributed by atoms with Crippen LogP contribution in [0.15, 0.2) is 24.0 Å². The molecule has 1 aliphatic heterocycles. The summed E-state index contributed by atoms with van der Waals surface area (Å²) < 4.78 is 5.55. The molecule has 13 heavy (non-hydrogen) atoms. The van der Waals surface area contributed by atoms with E-state index in [0.717, 1.165) is 25.2 Å². The van der Waals surface area contributed by atoms with Crippen molar-refractivity contribution in [2.75, 3.05) is 6.61 Å². The van der Waals surface area contributed by atoms with E-state index in [1.165, 1.54) is 6.42 Å². The minimum absolute atomic E-state index is 0.237. The number of hydrogen-bond acceptors (Lipinski definition) is 2. The summed E-state index contributed by atoms with van der Waals surface area (Å²) in [5, 5.41) is 0. The van der Waals surface area contributed by atoms with Crippen molar-refractivity contribution in [3.63, 3.8) is 0 Å². The Balaban J connectivity index is 2.16. The number of fused-ring (bicyclic) bond motifs is 1. The fraction of sp³-hybridized carbons (Fsp3) is 0.545. The first-order chi connectivity index (χ1) is 6.36. The lowest BCUT2D eigenvalue weighted by molar-refractivity contribution is -0.115. The van der Waals surface area contributed by atoms with Gasteiger partial charge in [0, 0.05) is 12.3 Å². The lowest BCUT2D eigenvalue weighted by atomic mass is 9.91. The number of carbonyl (C=O) groups excluding carboxylic acids is 1. The molecule has 2 aliphatic rings. The van der Waals surface area contributed by atoms with E-state index in [9.17, 15) is 4.79 Å². The smallest absolute Gasteiger partial charge is 0.155 e. The van der Waals surface area contributed by atoms with E-state index in [2.05, 4.69) is 0 Å². The highest BCUT2D eigenvalue weighted by atomic mass is 16.5. The molecule has 0 bridgehead atoms. The molecule has 0 aromatic heterocycles. The summed E-state index contributed by atoms with van der Waals surface area (Å²) in [5.74, 6) is 1.80. The van der Waals surface area contributed by atoms with Crippen molar-refractivity contribution in [2.45, 2.75) is 25.7 Å². The predicted molar refractivity (Wildman–Crippen MR) is 50.1 cm³/mol. The zero-order valence-corrected chi connectivity index (χ0v) is 7.66. The number of ketones is 1. The topological polar surface area (TPSA) is 26.3 Å². The third-order valence-corrected chi connectivity index (χ3v) is 2.65. The van der Waals surface area contributed by atoms with E-state index >= 15 is 0 Å². The average molecular weight is 178 g/mol. The van der Waals surface area contributed by atoms with Crippen molar-refractivity contribution >= 4 is 5.78 Å². The molecule has 2 nitrogen and oxygen atoms in total. The molecule has 70 valence electrons. The van der Waals surface area contributed by atoms with Gasteiger partial charge in [0.1, 0.15) is 0 Å². The Labute approximate surface area is 78.3 Å². The van der Waals surface area contributed by atoms with Gasteiger partial charge in [-0.1, -0.05) is 6.08 Å². The highest BCUT2D eigenvalue weighted by Gasteiger charge is 2.21. The van der Waals surface area contributed by atoms with Gasteiger partial charge in [0.15, 0.2) is 5.78 Å². The maximum atomic E-state index is 11.2. The number of allylic oxidation sites excluding steroid dienone is 4. The van der Waals surface area contributed by atoms with Gasteiger partial charge in [-0.2, -0.15) is 0 Å². The van der Waals surface area contributed by atoms with Crippen molar-refractivity contribution in [3.8, 4) is 0 Å². The van der Waals surface area contributed by atoms with Crippen LogP contribution in [0.5, 0.6) is 0 Å². The molecule has 1 fully saturated rings. The van der Waals surface area contributed by atoms with Crippen molar-refractivity contribution < 1.29 is 9.53 Å². The van der Waals surface area contributed by atoms with Crippen molar-refractivity contribution in [2.24, 2.45) is 5.92 Å². The van der Waals surface area contributed by atoms with Crippen LogP contribution in [0.2, 0.25) is 0 Å². The SMILES string of the molecule is O=C1C=CC=C2OCCCC2CC1. The van der Waals surface area contributed by atoms with Crippen LogP contribution in [0.1, 0.15) is 25.7 Å². The molecule has 0 spiro atoms. The molecule has 1 atom stereocenters. The molecule has 0 N–H and O–H groups in total. The van der Waals surface area contributed by atoms with Gasteiger partial charge in [-0.3, -0.25) is 4.79 Å². The summed E-state index contributed by atoms with van der Waals surface area (Å²) in [6.45, 7) is 0.837. The molecule has 0 amide bonds. The largest absolute Gasteiger partial charge is 0.498 e. The second-order valence-corrected chi connectivity index (χ2v) is 3.62. The van der Waals surface area contributed by atoms with Gasteiger partial charge in [0.05, 0.1) is 12.4 Å². The molecule has 1 saturated heterocycles. The monoisotopic (exact) mass is 178 g/mol. The molecule has 1 unspecified atom stereocenters. The molecular weight excluding hydrogens is 164 g/mol. The molecule has 2 rings (SSSR count). The third kappa shape index (κ3) is 2.00. The highest BCUT2D eigenvalue weighted by molar-refractivity contribution is 5.90. The summed E-state index contributed by atoms with van der Waals surface area (Å²) in [6.07, 6.45) is 9.32. The van der Waals surface area contributed by atoms with Crippen LogP contribution in [-0.4, -0.2) is 12.4 Å². The zero-order chi connectivity index (χ0) is 9.10. The Morgan fingerprint density at radius 1 is 1.38 bits per heavy atom. The zero-order valence-electron chi connectivity index (χ0n) is 7.66. The highest BCUT2D eigenvalue weighted by Crippen LogP contribution is 2.29. The van der Waals surface area contributed by atoms with E-state index < -0.39 is 0 Å². The fourth-order valence-electron chi connectivity index (χ4n) is 1.90. The standard InChI is InChI=1S/C11H14O2/c12-10-4-1-5-11-9(6-7-10)3-2-8-13-11/h1,4-5,9H,2-3,6-8H2. The van der Waals surface area contributed by atoms with Crippen LogP contribution in [0.4, 0.5) is 0 Å². The van der Waals surface area contributed by atoms with Crippen molar-refractivity contribution in [1.82, 2.24) is 0 Å². The van der Waals surface area contributed by atoms with Gasteiger partial charge in [-0.15, -0.1) is 0 Å². The number of rotatable bonds is 0. The third-order valence-electron chi connectivity index (χ3n) is 2.65. The van der Waals surface area contributed by atoms with Gasteiger partial charge in [-0.25, -0.2) is 0 Å². The minimum Gasteiger partial charge on any atom is -0.498 e. The van der Waals surface area contributed by atoms with Crippen LogP contribution in [0.3, 0.4) is 0 Å². The van der Waals surface area contributed by atoms with E-state index in [-0.39, 0.29) is 5.78 Å². The van der Waals surface area contributed by atoms with Crippen LogP contribution in [-0.2, 0) is 9.53 Å². The van der Waals surface area contributed by atoms with Crippen molar-refractivity contribution in [3.05, 3.63) is 24.0 Å². The summed E-state index contributed by atoms with van der Waals surface area (Å²) in [4.78, 5) is 11.2. The van der Waals surface area contributed by atoms with Gasteiger partial charge in [0.25, 0.3) is 0 Å². The first-order valence-corrected chi connectivity index (χ1v) is 4.90. The first-order valence-electron chi connectivity index (χ1n) is 4.90. The van der Waals surface area contributed by atoms with Gasteiger partial charge in [0.2, 0.25) is 0 Å². The molecule has 1 aliphatic carbocycles. The predicted octanol–water partition coefficient (Wildman–Crippen LogP) is 2.22. The van der Waals surface area contributed by atoms with Crippen LogP contribution in [0, 0.1) is 5.92 Å². The van der Waals surface area contributed by atoms with E-state index in [0.29, 0.717) is 12.3 Å². The maximum Gasteiger partial charge on any atom is 0.155 e. The summed E-state index contributed by atoms with van der Waals surface area (Å²) in [5.41, 5.74) is 0. The average Bonchev–Trinajstić information content (AvgIpc) is 2.13. The Morgan fingerprint density at radius 2 is 2.31 bits per heavy atom. The summed E-state index contributed by atoms with van der Waals surface area (Å²) in [7, 11) is 0. The summed E-state index contributed by atoms with van der Waals surface area (Å²) >= 11 is 0. The lowest BCUT2D eigenvalue weighted by Gasteiger charge is -2.26. The Kier molecular flexibility index (Phi) is 2.48. The molecule has 0 aromatic carbocycles. The van der Waals surface area contributed by atoms with Crippen LogP contribution < -0.4 is 0 Å². The fourth-order valence-corrected chi connectivity index (χ4v) is 1.90. The number of ether oxygens (including phenoxy) is 1. The van der Waals surface area contributed by atoms with E-state index in [1.807, 2.05) is 12.2 Å². The normalized spacial score (nSPS) is 28.2. The molecular formula is C11H14O2. The number of hydrogen-bond donors (Lipinski definition) is 0. The van der Waals surface area contributed by atoms with Crippen molar-refractivity contribution in [1.29, 1.82) is 0 Å². The Hall–Kier alpha value is -1.05. The quantitative estimate of drug-likeness (QED) is 0.568. The maximum absolute atomic E-state index is 11.2. The minimum atomic E-state index is 0.237. The number of carbonyl (C=O) groups is 1. The van der Waals surface area contributed by atoms with E-state index in [1.54, 1.807) is 6.08 Å².